The molecule has 0 N–H and O–H groups in total. The number of benzene rings is 2. The number of likely N-dealkylation sites (tertiary alicyclic amines) is 1. The summed E-state index contributed by atoms with van der Waals surface area (Å²) < 4.78 is 5.44. The lowest BCUT2D eigenvalue weighted by molar-refractivity contribution is -0.132. The van der Waals surface area contributed by atoms with Crippen molar-refractivity contribution in [1.82, 2.24) is 9.80 Å². The Morgan fingerprint density at radius 3 is 2.36 bits per heavy atom. The third kappa shape index (κ3) is 6.48. The van der Waals surface area contributed by atoms with Crippen LogP contribution in [0.4, 0.5) is 0 Å². The minimum Gasteiger partial charge on any atom is -0.467 e. The molecule has 2 heterocycles. The van der Waals surface area contributed by atoms with Gasteiger partial charge in [0.1, 0.15) is 5.76 Å². The van der Waals surface area contributed by atoms with Gasteiger partial charge in [-0.1, -0.05) is 41.9 Å². The van der Waals surface area contributed by atoms with Crippen LogP contribution in [0.5, 0.6) is 0 Å². The lowest BCUT2D eigenvalue weighted by Gasteiger charge is -2.33. The lowest BCUT2D eigenvalue weighted by Crippen LogP contribution is -2.41. The van der Waals surface area contributed by atoms with Gasteiger partial charge in [0.2, 0.25) is 5.91 Å². The Labute approximate surface area is 199 Å². The predicted molar refractivity (Wildman–Crippen MR) is 129 cm³/mol. The molecule has 172 valence electrons. The van der Waals surface area contributed by atoms with Crippen molar-refractivity contribution < 1.29 is 14.0 Å². The fourth-order valence-electron chi connectivity index (χ4n) is 4.34. The molecule has 0 unspecified atom stereocenters. The number of rotatable bonds is 8. The van der Waals surface area contributed by atoms with Crippen LogP contribution in [0.25, 0.3) is 0 Å². The van der Waals surface area contributed by atoms with Crippen molar-refractivity contribution in [3.63, 3.8) is 0 Å². The Balaban J connectivity index is 1.32. The molecule has 1 aliphatic rings. The first-order valence-electron chi connectivity index (χ1n) is 11.5. The number of furan rings is 1. The van der Waals surface area contributed by atoms with Crippen LogP contribution in [0, 0.1) is 5.92 Å². The van der Waals surface area contributed by atoms with Crippen LogP contribution in [-0.2, 0) is 17.8 Å². The molecule has 0 saturated carbocycles. The van der Waals surface area contributed by atoms with E-state index in [0.717, 1.165) is 32.4 Å². The minimum atomic E-state index is -0.141. The second-order valence-electron chi connectivity index (χ2n) is 8.58. The highest BCUT2D eigenvalue weighted by Crippen LogP contribution is 2.22. The smallest absolute Gasteiger partial charge is 0.254 e. The van der Waals surface area contributed by atoms with Crippen LogP contribution >= 0.6 is 11.6 Å². The zero-order chi connectivity index (χ0) is 23.0. The van der Waals surface area contributed by atoms with E-state index in [9.17, 15) is 9.59 Å². The van der Waals surface area contributed by atoms with Crippen LogP contribution in [-0.4, -0.2) is 41.2 Å². The monoisotopic (exact) mass is 464 g/mol. The Kier molecular flexibility index (Phi) is 7.84. The Morgan fingerprint density at radius 2 is 1.70 bits per heavy atom. The Bertz CT molecular complexity index is 1030. The zero-order valence-corrected chi connectivity index (χ0v) is 19.4. The number of piperidine rings is 1. The van der Waals surface area contributed by atoms with Crippen LogP contribution in [0.1, 0.15) is 40.9 Å². The molecule has 0 aliphatic carbocycles. The molecule has 1 fully saturated rings. The Morgan fingerprint density at radius 1 is 0.970 bits per heavy atom. The predicted octanol–water partition coefficient (Wildman–Crippen LogP) is 5.45. The van der Waals surface area contributed by atoms with Crippen molar-refractivity contribution in [3.05, 3.63) is 94.9 Å². The summed E-state index contributed by atoms with van der Waals surface area (Å²) in [6.45, 7) is 2.21. The van der Waals surface area contributed by atoms with E-state index in [-0.39, 0.29) is 11.8 Å². The van der Waals surface area contributed by atoms with Gasteiger partial charge in [-0.3, -0.25) is 9.59 Å². The molecule has 6 heteroatoms. The largest absolute Gasteiger partial charge is 0.467 e. The van der Waals surface area contributed by atoms with Gasteiger partial charge in [0.05, 0.1) is 12.8 Å². The molecule has 2 amide bonds. The molecular formula is C27H29ClN2O3. The summed E-state index contributed by atoms with van der Waals surface area (Å²) in [4.78, 5) is 29.6. The van der Waals surface area contributed by atoms with Crippen molar-refractivity contribution in [2.45, 2.75) is 32.2 Å². The molecule has 3 aromatic rings. The highest BCUT2D eigenvalue weighted by atomic mass is 35.5. The summed E-state index contributed by atoms with van der Waals surface area (Å²) in [5, 5.41) is 0.579. The standard InChI is InChI=1S/C27H29ClN2O3/c28-24-10-8-23(9-11-24)27(32)30(20-25-7-4-18-33-25)17-14-26(31)29-15-12-22(13-16-29)19-21-5-2-1-3-6-21/h1-11,18,22H,12-17,19-20H2. The van der Waals surface area contributed by atoms with E-state index in [0.29, 0.717) is 41.8 Å². The number of carbonyl (C=O) groups is 2. The molecule has 1 aromatic heterocycles. The van der Waals surface area contributed by atoms with Crippen molar-refractivity contribution >= 4 is 23.4 Å². The van der Waals surface area contributed by atoms with Crippen LogP contribution in [0.15, 0.2) is 77.4 Å². The molecule has 2 aromatic carbocycles. The number of hydrogen-bond acceptors (Lipinski definition) is 3. The van der Waals surface area contributed by atoms with Crippen LogP contribution in [0.2, 0.25) is 5.02 Å². The van der Waals surface area contributed by atoms with E-state index in [1.165, 1.54) is 5.56 Å². The summed E-state index contributed by atoms with van der Waals surface area (Å²) in [7, 11) is 0. The van der Waals surface area contributed by atoms with Crippen LogP contribution < -0.4 is 0 Å². The molecule has 33 heavy (non-hydrogen) atoms. The van der Waals surface area contributed by atoms with Gasteiger partial charge in [0.15, 0.2) is 0 Å². The molecule has 0 spiro atoms. The molecular weight excluding hydrogens is 436 g/mol. The van der Waals surface area contributed by atoms with E-state index in [4.69, 9.17) is 16.0 Å². The maximum absolute atomic E-state index is 13.1. The number of nitrogens with zero attached hydrogens (tertiary/aromatic N) is 2. The van der Waals surface area contributed by atoms with E-state index in [1.807, 2.05) is 17.0 Å². The number of halogens is 1. The molecule has 0 radical (unpaired) electrons. The zero-order valence-electron chi connectivity index (χ0n) is 18.7. The van der Waals surface area contributed by atoms with Crippen molar-refractivity contribution in [2.24, 2.45) is 5.92 Å². The van der Waals surface area contributed by atoms with E-state index >= 15 is 0 Å². The van der Waals surface area contributed by atoms with Gasteiger partial charge in [-0.15, -0.1) is 0 Å². The molecule has 5 nitrogen and oxygen atoms in total. The maximum atomic E-state index is 13.1. The quantitative estimate of drug-likeness (QED) is 0.445. The van der Waals surface area contributed by atoms with Crippen molar-refractivity contribution in [1.29, 1.82) is 0 Å². The average molecular weight is 465 g/mol. The first-order chi connectivity index (χ1) is 16.1. The fourth-order valence-corrected chi connectivity index (χ4v) is 4.47. The van der Waals surface area contributed by atoms with Crippen LogP contribution in [0.3, 0.4) is 0 Å². The van der Waals surface area contributed by atoms with E-state index in [1.54, 1.807) is 41.5 Å². The average Bonchev–Trinajstić information content (AvgIpc) is 3.36. The summed E-state index contributed by atoms with van der Waals surface area (Å²) >= 11 is 5.97. The third-order valence-corrected chi connectivity index (χ3v) is 6.49. The second kappa shape index (κ2) is 11.2. The second-order valence-corrected chi connectivity index (χ2v) is 9.01. The van der Waals surface area contributed by atoms with Gasteiger partial charge < -0.3 is 14.2 Å². The first kappa shape index (κ1) is 23.1. The number of carbonyl (C=O) groups excluding carboxylic acids is 2. The maximum Gasteiger partial charge on any atom is 0.254 e. The molecule has 1 saturated heterocycles. The first-order valence-corrected chi connectivity index (χ1v) is 11.8. The molecule has 4 rings (SSSR count). The summed E-state index contributed by atoms with van der Waals surface area (Å²) in [5.41, 5.74) is 1.90. The topological polar surface area (TPSA) is 53.8 Å². The SMILES string of the molecule is O=C(CCN(Cc1ccco1)C(=O)c1ccc(Cl)cc1)N1CCC(Cc2ccccc2)CC1. The third-order valence-electron chi connectivity index (χ3n) is 6.24. The molecule has 0 bridgehead atoms. The van der Waals surface area contributed by atoms with Gasteiger partial charge in [-0.2, -0.15) is 0 Å². The fraction of sp³-hybridized carbons (Fsp3) is 0.333. The molecule has 1 aliphatic heterocycles. The van der Waals surface area contributed by atoms with Crippen molar-refractivity contribution in [2.75, 3.05) is 19.6 Å². The number of amides is 2. The summed E-state index contributed by atoms with van der Waals surface area (Å²) in [5.74, 6) is 1.25. The van der Waals surface area contributed by atoms with Gasteiger partial charge in [0, 0.05) is 36.6 Å². The van der Waals surface area contributed by atoms with Crippen molar-refractivity contribution in [3.8, 4) is 0 Å². The minimum absolute atomic E-state index is 0.0986. The van der Waals surface area contributed by atoms with E-state index in [2.05, 4.69) is 24.3 Å². The molecule has 0 atom stereocenters. The van der Waals surface area contributed by atoms with Gasteiger partial charge in [-0.05, 0) is 67.1 Å². The Hall–Kier alpha value is -3.05. The lowest BCUT2D eigenvalue weighted by atomic mass is 9.90. The van der Waals surface area contributed by atoms with Gasteiger partial charge in [0.25, 0.3) is 5.91 Å². The van der Waals surface area contributed by atoms with Gasteiger partial charge >= 0.3 is 0 Å². The number of hydrogen-bond donors (Lipinski definition) is 0. The highest BCUT2D eigenvalue weighted by Gasteiger charge is 2.24. The summed E-state index contributed by atoms with van der Waals surface area (Å²) in [6.07, 6.45) is 4.98. The van der Waals surface area contributed by atoms with Gasteiger partial charge in [-0.25, -0.2) is 0 Å². The normalized spacial score (nSPS) is 14.3. The summed E-state index contributed by atoms with van der Waals surface area (Å²) in [6, 6.07) is 21.0. The van der Waals surface area contributed by atoms with E-state index < -0.39 is 0 Å². The highest BCUT2D eigenvalue weighted by molar-refractivity contribution is 6.30.